The minimum Gasteiger partial charge on any atom is -0.501 e. The van der Waals surface area contributed by atoms with Crippen molar-refractivity contribution in [1.29, 1.82) is 0 Å². The summed E-state index contributed by atoms with van der Waals surface area (Å²) in [6.07, 6.45) is 5.01. The Balaban J connectivity index is 2.21. The summed E-state index contributed by atoms with van der Waals surface area (Å²) in [5, 5.41) is 0.509. The van der Waals surface area contributed by atoms with Gasteiger partial charge in [-0.25, -0.2) is 0 Å². The molecular formula is C8H9NOS. The number of nitrogens with zero attached hydrogens (tertiary/aromatic N) is 1. The van der Waals surface area contributed by atoms with Crippen LogP contribution in [0.25, 0.3) is 0 Å². The number of thioether (sulfide) groups is 1. The number of ether oxygens (including phenoxy) is 1. The monoisotopic (exact) mass is 167 g/mol. The number of allylic oxidation sites excluding steroid dienone is 3. The van der Waals surface area contributed by atoms with Crippen molar-refractivity contribution in [2.45, 2.75) is 11.7 Å². The molecule has 0 saturated carbocycles. The summed E-state index contributed by atoms with van der Waals surface area (Å²) in [4.78, 5) is 4.23. The van der Waals surface area contributed by atoms with Crippen molar-refractivity contribution >= 4 is 17.3 Å². The van der Waals surface area contributed by atoms with E-state index in [9.17, 15) is 0 Å². The van der Waals surface area contributed by atoms with Crippen LogP contribution < -0.4 is 0 Å². The predicted octanol–water partition coefficient (Wildman–Crippen LogP) is 1.95. The molecule has 0 N–H and O–H groups in total. The predicted molar refractivity (Wildman–Crippen MR) is 47.7 cm³/mol. The maximum absolute atomic E-state index is 5.15. The molecule has 2 aliphatic rings. The molecule has 2 nitrogen and oxygen atoms in total. The Bertz CT molecular complexity index is 255. The van der Waals surface area contributed by atoms with Gasteiger partial charge in [-0.2, -0.15) is 0 Å². The van der Waals surface area contributed by atoms with Crippen LogP contribution in [0.4, 0.5) is 0 Å². The van der Waals surface area contributed by atoms with Gasteiger partial charge in [0.1, 0.15) is 0 Å². The molecule has 0 radical (unpaired) electrons. The van der Waals surface area contributed by atoms with Gasteiger partial charge >= 0.3 is 0 Å². The van der Waals surface area contributed by atoms with Crippen molar-refractivity contribution in [3.63, 3.8) is 0 Å². The van der Waals surface area contributed by atoms with Crippen LogP contribution >= 0.6 is 11.8 Å². The van der Waals surface area contributed by atoms with Gasteiger partial charge in [0.2, 0.25) is 0 Å². The standard InChI is InChI=1S/C8H9NOS/c1-10-6-2-3-7-8(4-6)11-5-9-7/h2-3,5,8H,4H2,1H3. The van der Waals surface area contributed by atoms with E-state index in [0.717, 1.165) is 12.2 Å². The molecule has 2 rings (SSSR count). The lowest BCUT2D eigenvalue weighted by Gasteiger charge is -2.15. The van der Waals surface area contributed by atoms with Crippen molar-refractivity contribution in [1.82, 2.24) is 0 Å². The second-order valence-electron chi connectivity index (χ2n) is 2.49. The van der Waals surface area contributed by atoms with Crippen molar-refractivity contribution < 1.29 is 4.74 Å². The topological polar surface area (TPSA) is 21.6 Å². The van der Waals surface area contributed by atoms with E-state index in [-0.39, 0.29) is 0 Å². The molecule has 0 aromatic heterocycles. The zero-order chi connectivity index (χ0) is 7.68. The van der Waals surface area contributed by atoms with Crippen LogP contribution in [-0.4, -0.2) is 17.9 Å². The molecule has 58 valence electrons. The van der Waals surface area contributed by atoms with Gasteiger partial charge in [-0.3, -0.25) is 4.99 Å². The SMILES string of the molecule is COC1=CC=C2N=CSC2C1. The number of fused-ring (bicyclic) bond motifs is 1. The summed E-state index contributed by atoms with van der Waals surface area (Å²) < 4.78 is 5.15. The summed E-state index contributed by atoms with van der Waals surface area (Å²) in [6, 6.07) is 0. The minimum absolute atomic E-state index is 0.509. The van der Waals surface area contributed by atoms with Crippen LogP contribution in [0.1, 0.15) is 6.42 Å². The summed E-state index contributed by atoms with van der Waals surface area (Å²) in [5.41, 5.74) is 3.08. The fraction of sp³-hybridized carbons (Fsp3) is 0.375. The van der Waals surface area contributed by atoms with Gasteiger partial charge in [-0.15, -0.1) is 11.8 Å². The molecule has 0 saturated heterocycles. The van der Waals surface area contributed by atoms with E-state index in [0.29, 0.717) is 5.25 Å². The molecule has 1 unspecified atom stereocenters. The van der Waals surface area contributed by atoms with Crippen molar-refractivity contribution in [2.75, 3.05) is 7.11 Å². The number of hydrogen-bond donors (Lipinski definition) is 0. The summed E-state index contributed by atoms with van der Waals surface area (Å²) in [6.45, 7) is 0. The fourth-order valence-corrected chi connectivity index (χ4v) is 2.07. The Hall–Kier alpha value is -0.700. The zero-order valence-electron chi connectivity index (χ0n) is 6.28. The average molecular weight is 167 g/mol. The van der Waals surface area contributed by atoms with Crippen LogP contribution in [0.15, 0.2) is 28.6 Å². The van der Waals surface area contributed by atoms with Crippen LogP contribution in [0, 0.1) is 0 Å². The first-order valence-corrected chi connectivity index (χ1v) is 4.47. The molecule has 1 atom stereocenters. The number of hydrogen-bond acceptors (Lipinski definition) is 3. The highest BCUT2D eigenvalue weighted by atomic mass is 32.2. The summed E-state index contributed by atoms with van der Waals surface area (Å²) >= 11 is 1.76. The Morgan fingerprint density at radius 3 is 3.36 bits per heavy atom. The molecule has 3 heteroatoms. The minimum atomic E-state index is 0.509. The maximum Gasteiger partial charge on any atom is 0.0971 e. The van der Waals surface area contributed by atoms with Gasteiger partial charge in [0.25, 0.3) is 0 Å². The normalized spacial score (nSPS) is 27.5. The van der Waals surface area contributed by atoms with Gasteiger partial charge in [0.05, 0.1) is 29.4 Å². The third-order valence-corrected chi connectivity index (χ3v) is 2.81. The Morgan fingerprint density at radius 2 is 2.55 bits per heavy atom. The smallest absolute Gasteiger partial charge is 0.0971 e. The van der Waals surface area contributed by atoms with E-state index in [2.05, 4.69) is 4.99 Å². The molecule has 0 bridgehead atoms. The van der Waals surface area contributed by atoms with Crippen LogP contribution in [0.5, 0.6) is 0 Å². The maximum atomic E-state index is 5.15. The van der Waals surface area contributed by atoms with Gasteiger partial charge in [0.15, 0.2) is 0 Å². The molecule has 1 aliphatic carbocycles. The Labute approximate surface area is 70.0 Å². The van der Waals surface area contributed by atoms with E-state index in [4.69, 9.17) is 4.74 Å². The van der Waals surface area contributed by atoms with Crippen LogP contribution in [0.3, 0.4) is 0 Å². The van der Waals surface area contributed by atoms with Crippen molar-refractivity contribution in [2.24, 2.45) is 4.99 Å². The molecule has 0 amide bonds. The highest BCUT2D eigenvalue weighted by molar-refractivity contribution is 8.13. The third-order valence-electron chi connectivity index (χ3n) is 1.85. The van der Waals surface area contributed by atoms with E-state index in [1.165, 1.54) is 5.70 Å². The van der Waals surface area contributed by atoms with E-state index >= 15 is 0 Å². The molecule has 0 spiro atoms. The van der Waals surface area contributed by atoms with Gasteiger partial charge in [0, 0.05) is 6.42 Å². The lowest BCUT2D eigenvalue weighted by atomic mass is 10.1. The second-order valence-corrected chi connectivity index (χ2v) is 3.54. The highest BCUT2D eigenvalue weighted by Crippen LogP contribution is 2.33. The zero-order valence-corrected chi connectivity index (χ0v) is 7.10. The first-order valence-electron chi connectivity index (χ1n) is 3.53. The molecule has 0 fully saturated rings. The fourth-order valence-electron chi connectivity index (χ4n) is 1.20. The molecule has 11 heavy (non-hydrogen) atoms. The van der Waals surface area contributed by atoms with Gasteiger partial charge in [-0.05, 0) is 12.2 Å². The summed E-state index contributed by atoms with van der Waals surface area (Å²) in [7, 11) is 1.71. The second kappa shape index (κ2) is 2.74. The Morgan fingerprint density at radius 1 is 1.64 bits per heavy atom. The highest BCUT2D eigenvalue weighted by Gasteiger charge is 2.22. The first-order chi connectivity index (χ1) is 5.40. The quantitative estimate of drug-likeness (QED) is 0.595. The lowest BCUT2D eigenvalue weighted by molar-refractivity contribution is 0.277. The molecule has 1 aliphatic heterocycles. The molecule has 0 aromatic rings. The van der Waals surface area contributed by atoms with Gasteiger partial charge in [-0.1, -0.05) is 0 Å². The number of aliphatic imine (C=N–C) groups is 1. The van der Waals surface area contributed by atoms with Crippen molar-refractivity contribution in [3.8, 4) is 0 Å². The Kier molecular flexibility index (Phi) is 1.74. The van der Waals surface area contributed by atoms with Crippen LogP contribution in [-0.2, 0) is 4.74 Å². The molecule has 1 heterocycles. The van der Waals surface area contributed by atoms with E-state index < -0.39 is 0 Å². The van der Waals surface area contributed by atoms with E-state index in [1.807, 2.05) is 17.7 Å². The third kappa shape index (κ3) is 1.20. The summed E-state index contributed by atoms with van der Waals surface area (Å²) in [5.74, 6) is 1.05. The lowest BCUT2D eigenvalue weighted by Crippen LogP contribution is -2.07. The first kappa shape index (κ1) is 6.98. The van der Waals surface area contributed by atoms with Crippen LogP contribution in [0.2, 0.25) is 0 Å². The van der Waals surface area contributed by atoms with Gasteiger partial charge < -0.3 is 4.74 Å². The molecular weight excluding hydrogens is 158 g/mol. The number of methoxy groups -OCH3 is 1. The van der Waals surface area contributed by atoms with Crippen molar-refractivity contribution in [3.05, 3.63) is 23.6 Å². The molecule has 0 aromatic carbocycles. The average Bonchev–Trinajstić information content (AvgIpc) is 2.50. The largest absolute Gasteiger partial charge is 0.501 e. The number of rotatable bonds is 1. The van der Waals surface area contributed by atoms with E-state index in [1.54, 1.807) is 18.9 Å².